The maximum absolute atomic E-state index is 10.9. The number of nitro groups is 1. The number of nitrogens with zero attached hydrogens (tertiary/aromatic N) is 3. The van der Waals surface area contributed by atoms with E-state index >= 15 is 0 Å². The topological polar surface area (TPSA) is 87.0 Å². The molecule has 1 aromatic heterocycles. The summed E-state index contributed by atoms with van der Waals surface area (Å²) in [5, 5.41) is 15.4. The Bertz CT molecular complexity index is 609. The third kappa shape index (κ3) is 2.14. The van der Waals surface area contributed by atoms with Crippen LogP contribution in [0.4, 0.5) is 11.5 Å². The average molecular weight is 267 g/mol. The van der Waals surface area contributed by atoms with Crippen molar-refractivity contribution in [1.29, 1.82) is 0 Å². The monoisotopic (exact) mass is 266 g/mol. The highest BCUT2D eigenvalue weighted by atomic mass is 35.5. The first-order valence-corrected chi connectivity index (χ1v) is 5.59. The summed E-state index contributed by atoms with van der Waals surface area (Å²) < 4.78 is 1.46. The van der Waals surface area contributed by atoms with Gasteiger partial charge >= 0.3 is 0 Å². The van der Waals surface area contributed by atoms with Crippen LogP contribution >= 0.6 is 11.6 Å². The summed E-state index contributed by atoms with van der Waals surface area (Å²) >= 11 is 5.92. The van der Waals surface area contributed by atoms with Crippen LogP contribution in [0.1, 0.15) is 11.3 Å². The maximum Gasteiger partial charge on any atom is 0.274 e. The molecule has 94 valence electrons. The van der Waals surface area contributed by atoms with Gasteiger partial charge in [-0.2, -0.15) is 5.10 Å². The van der Waals surface area contributed by atoms with E-state index in [1.54, 1.807) is 25.1 Å². The molecule has 2 N–H and O–H groups in total. The van der Waals surface area contributed by atoms with Gasteiger partial charge in [0.15, 0.2) is 0 Å². The van der Waals surface area contributed by atoms with E-state index in [2.05, 4.69) is 5.10 Å². The van der Waals surface area contributed by atoms with Gasteiger partial charge in [0.2, 0.25) is 0 Å². The van der Waals surface area contributed by atoms with Crippen LogP contribution in [0.5, 0.6) is 0 Å². The molecular weight excluding hydrogens is 256 g/mol. The Labute approximate surface area is 108 Å². The molecule has 0 aliphatic heterocycles. The standard InChI is InChI=1S/C11H11ClN4O2/c1-7-10(12)11(13)15(14-7)6-8-4-2-3-5-9(8)16(17)18/h2-5H,6,13H2,1H3. The molecule has 0 bridgehead atoms. The molecular formula is C11H11ClN4O2. The molecule has 0 aliphatic carbocycles. The van der Waals surface area contributed by atoms with Crippen molar-refractivity contribution in [1.82, 2.24) is 9.78 Å². The zero-order chi connectivity index (χ0) is 13.3. The number of nitrogen functional groups attached to an aromatic ring is 1. The largest absolute Gasteiger partial charge is 0.383 e. The second kappa shape index (κ2) is 4.66. The van der Waals surface area contributed by atoms with E-state index in [1.807, 2.05) is 0 Å². The number of aromatic nitrogens is 2. The fraction of sp³-hybridized carbons (Fsp3) is 0.182. The Hall–Kier alpha value is -2.08. The van der Waals surface area contributed by atoms with Gasteiger partial charge < -0.3 is 5.73 Å². The molecule has 1 heterocycles. The average Bonchev–Trinajstić information content (AvgIpc) is 2.57. The van der Waals surface area contributed by atoms with Gasteiger partial charge in [-0.15, -0.1) is 0 Å². The first kappa shape index (κ1) is 12.4. The second-order valence-electron chi connectivity index (χ2n) is 3.83. The molecule has 0 aliphatic rings. The van der Waals surface area contributed by atoms with Crippen LogP contribution < -0.4 is 5.73 Å². The third-order valence-corrected chi connectivity index (χ3v) is 3.07. The van der Waals surface area contributed by atoms with Crippen LogP contribution in [0.2, 0.25) is 5.02 Å². The number of anilines is 1. The Morgan fingerprint density at radius 1 is 1.50 bits per heavy atom. The normalized spacial score (nSPS) is 10.6. The summed E-state index contributed by atoms with van der Waals surface area (Å²) in [6, 6.07) is 6.47. The number of rotatable bonds is 3. The number of nitrogens with two attached hydrogens (primary N) is 1. The van der Waals surface area contributed by atoms with E-state index in [4.69, 9.17) is 17.3 Å². The van der Waals surface area contributed by atoms with Crippen molar-refractivity contribution < 1.29 is 4.92 Å². The van der Waals surface area contributed by atoms with Crippen molar-refractivity contribution in [2.24, 2.45) is 0 Å². The van der Waals surface area contributed by atoms with Crippen LogP contribution in [-0.2, 0) is 6.54 Å². The number of aryl methyl sites for hydroxylation is 1. The summed E-state index contributed by atoms with van der Waals surface area (Å²) in [5.41, 5.74) is 6.96. The molecule has 18 heavy (non-hydrogen) atoms. The van der Waals surface area contributed by atoms with Crippen molar-refractivity contribution in [2.75, 3.05) is 5.73 Å². The van der Waals surface area contributed by atoms with Gasteiger partial charge in [0.1, 0.15) is 10.8 Å². The van der Waals surface area contributed by atoms with E-state index in [0.717, 1.165) is 0 Å². The summed E-state index contributed by atoms with van der Waals surface area (Å²) in [6.07, 6.45) is 0. The summed E-state index contributed by atoms with van der Waals surface area (Å²) in [7, 11) is 0. The van der Waals surface area contributed by atoms with E-state index < -0.39 is 4.92 Å². The third-order valence-electron chi connectivity index (χ3n) is 2.60. The van der Waals surface area contributed by atoms with E-state index in [9.17, 15) is 10.1 Å². The molecule has 6 nitrogen and oxygen atoms in total. The number of halogens is 1. The molecule has 0 radical (unpaired) electrons. The number of benzene rings is 1. The van der Waals surface area contributed by atoms with Crippen molar-refractivity contribution >= 4 is 23.1 Å². The highest BCUT2D eigenvalue weighted by molar-refractivity contribution is 6.33. The van der Waals surface area contributed by atoms with E-state index in [0.29, 0.717) is 22.1 Å². The molecule has 1 aromatic carbocycles. The molecule has 0 amide bonds. The number of para-hydroxylation sites is 1. The van der Waals surface area contributed by atoms with Crippen molar-refractivity contribution in [3.63, 3.8) is 0 Å². The minimum atomic E-state index is -0.427. The van der Waals surface area contributed by atoms with Crippen molar-refractivity contribution in [3.05, 3.63) is 50.7 Å². The Balaban J connectivity index is 2.40. The lowest BCUT2D eigenvalue weighted by Gasteiger charge is -2.05. The molecule has 0 unspecified atom stereocenters. The minimum absolute atomic E-state index is 0.0428. The van der Waals surface area contributed by atoms with Gasteiger partial charge in [0.25, 0.3) is 5.69 Å². The fourth-order valence-corrected chi connectivity index (χ4v) is 1.82. The smallest absolute Gasteiger partial charge is 0.274 e. The second-order valence-corrected chi connectivity index (χ2v) is 4.21. The van der Waals surface area contributed by atoms with Crippen molar-refractivity contribution in [3.8, 4) is 0 Å². The Morgan fingerprint density at radius 3 is 2.72 bits per heavy atom. The Morgan fingerprint density at radius 2 is 2.17 bits per heavy atom. The molecule has 2 aromatic rings. The van der Waals surface area contributed by atoms with Gasteiger partial charge in [-0.05, 0) is 6.92 Å². The lowest BCUT2D eigenvalue weighted by atomic mass is 10.2. The molecule has 0 spiro atoms. The molecule has 0 saturated carbocycles. The number of nitro benzene ring substituents is 1. The number of hydrogen-bond donors (Lipinski definition) is 1. The molecule has 0 saturated heterocycles. The first-order valence-electron chi connectivity index (χ1n) is 5.21. The predicted octanol–water partition coefficient (Wildman–Crippen LogP) is 2.38. The van der Waals surface area contributed by atoms with Gasteiger partial charge in [-0.3, -0.25) is 10.1 Å². The van der Waals surface area contributed by atoms with Gasteiger partial charge in [0.05, 0.1) is 22.7 Å². The van der Waals surface area contributed by atoms with Crippen LogP contribution in [0.25, 0.3) is 0 Å². The fourth-order valence-electron chi connectivity index (χ4n) is 1.68. The highest BCUT2D eigenvalue weighted by Crippen LogP contribution is 2.25. The van der Waals surface area contributed by atoms with Gasteiger partial charge in [-0.25, -0.2) is 4.68 Å². The summed E-state index contributed by atoms with van der Waals surface area (Å²) in [5.74, 6) is 0.312. The zero-order valence-corrected chi connectivity index (χ0v) is 10.4. The molecule has 2 rings (SSSR count). The van der Waals surface area contributed by atoms with Crippen LogP contribution in [-0.4, -0.2) is 14.7 Å². The Kier molecular flexibility index (Phi) is 3.20. The van der Waals surface area contributed by atoms with E-state index in [1.165, 1.54) is 10.7 Å². The van der Waals surface area contributed by atoms with Crippen LogP contribution in [0.3, 0.4) is 0 Å². The first-order chi connectivity index (χ1) is 8.50. The lowest BCUT2D eigenvalue weighted by molar-refractivity contribution is -0.385. The molecule has 7 heteroatoms. The molecule has 0 fully saturated rings. The summed E-state index contributed by atoms with van der Waals surface area (Å²) in [4.78, 5) is 10.5. The zero-order valence-electron chi connectivity index (χ0n) is 9.63. The van der Waals surface area contributed by atoms with Gasteiger partial charge in [0, 0.05) is 6.07 Å². The summed E-state index contributed by atoms with van der Waals surface area (Å²) in [6.45, 7) is 1.95. The van der Waals surface area contributed by atoms with Crippen LogP contribution in [0, 0.1) is 17.0 Å². The van der Waals surface area contributed by atoms with Crippen LogP contribution in [0.15, 0.2) is 24.3 Å². The highest BCUT2D eigenvalue weighted by Gasteiger charge is 2.16. The van der Waals surface area contributed by atoms with Gasteiger partial charge in [-0.1, -0.05) is 29.8 Å². The lowest BCUT2D eigenvalue weighted by Crippen LogP contribution is -2.07. The van der Waals surface area contributed by atoms with Crippen molar-refractivity contribution in [2.45, 2.75) is 13.5 Å². The molecule has 0 atom stereocenters. The predicted molar refractivity (Wildman–Crippen MR) is 68.6 cm³/mol. The number of hydrogen-bond acceptors (Lipinski definition) is 4. The SMILES string of the molecule is Cc1nn(Cc2ccccc2[N+](=O)[O-])c(N)c1Cl. The minimum Gasteiger partial charge on any atom is -0.383 e. The maximum atomic E-state index is 10.9. The quantitative estimate of drug-likeness (QED) is 0.682. The van der Waals surface area contributed by atoms with E-state index in [-0.39, 0.29) is 12.2 Å².